The molecule has 1 aliphatic heterocycles. The van der Waals surface area contributed by atoms with Crippen molar-refractivity contribution in [3.05, 3.63) is 58.4 Å². The van der Waals surface area contributed by atoms with Gasteiger partial charge in [0.05, 0.1) is 6.20 Å². The number of nitrogens with one attached hydrogen (secondary N) is 2. The minimum Gasteiger partial charge on any atom is -0.368 e. The number of nitrogens with zero attached hydrogens (tertiary/aromatic N) is 4. The first kappa shape index (κ1) is 14.1. The van der Waals surface area contributed by atoms with Crippen LogP contribution in [0.5, 0.6) is 0 Å². The van der Waals surface area contributed by atoms with E-state index in [4.69, 9.17) is 0 Å². The summed E-state index contributed by atoms with van der Waals surface area (Å²) < 4.78 is 2.95. The monoisotopic (exact) mass is 300 g/mol. The largest absolute Gasteiger partial charge is 0.368 e. The van der Waals surface area contributed by atoms with Crippen molar-refractivity contribution < 1.29 is 5.11 Å². The van der Waals surface area contributed by atoms with Crippen molar-refractivity contribution in [1.82, 2.24) is 24.4 Å². The van der Waals surface area contributed by atoms with E-state index in [1.807, 2.05) is 13.8 Å². The van der Waals surface area contributed by atoms with Crippen LogP contribution in [0, 0.1) is 13.8 Å². The number of H-pyrrole nitrogens is 1. The molecule has 0 bridgehead atoms. The van der Waals surface area contributed by atoms with Crippen LogP contribution in [0.1, 0.15) is 17.4 Å². The van der Waals surface area contributed by atoms with E-state index < -0.39 is 6.23 Å². The Kier molecular flexibility index (Phi) is 3.51. The zero-order valence-corrected chi connectivity index (χ0v) is 12.2. The number of rotatable bonds is 0. The fourth-order valence-electron chi connectivity index (χ4n) is 2.16. The molecule has 114 valence electrons. The standard InChI is InChI=1S/C7H9N3O.C7H7N3O/c2*1-5-4-9-10-6(11)2-3-8-7(5)10/h2-4,6,8,11H,1H3;2-4,9H,1H3. The van der Waals surface area contributed by atoms with Crippen LogP contribution in [0.2, 0.25) is 0 Å². The van der Waals surface area contributed by atoms with Crippen molar-refractivity contribution in [2.45, 2.75) is 20.1 Å². The fourth-order valence-corrected chi connectivity index (χ4v) is 2.16. The van der Waals surface area contributed by atoms with Crippen LogP contribution in [0.25, 0.3) is 5.65 Å². The highest BCUT2D eigenvalue weighted by Gasteiger charge is 2.14. The number of aromatic amines is 1. The quantitative estimate of drug-likeness (QED) is 0.574. The number of hydrogen-bond donors (Lipinski definition) is 3. The predicted octanol–water partition coefficient (Wildman–Crippen LogP) is 0.953. The predicted molar refractivity (Wildman–Crippen MR) is 81.5 cm³/mol. The zero-order chi connectivity index (χ0) is 15.7. The number of aryl methyl sites for hydroxylation is 2. The molecule has 1 aliphatic rings. The molecule has 0 saturated carbocycles. The van der Waals surface area contributed by atoms with Gasteiger partial charge in [-0.1, -0.05) is 0 Å². The molecule has 3 aromatic heterocycles. The second-order valence-corrected chi connectivity index (χ2v) is 4.94. The van der Waals surface area contributed by atoms with Crippen LogP contribution in [0.3, 0.4) is 0 Å². The number of anilines is 1. The maximum Gasteiger partial charge on any atom is 0.272 e. The summed E-state index contributed by atoms with van der Waals surface area (Å²) in [4.78, 5) is 15.1. The van der Waals surface area contributed by atoms with Crippen molar-refractivity contribution in [2.75, 3.05) is 5.32 Å². The number of aliphatic hydroxyl groups excluding tert-OH is 1. The summed E-state index contributed by atoms with van der Waals surface area (Å²) in [6, 6.07) is 1.42. The second kappa shape index (κ2) is 5.49. The van der Waals surface area contributed by atoms with Crippen LogP contribution < -0.4 is 10.9 Å². The van der Waals surface area contributed by atoms with E-state index in [1.54, 1.807) is 24.7 Å². The first-order chi connectivity index (χ1) is 10.6. The number of aliphatic hydroxyl groups is 1. The maximum absolute atomic E-state index is 11.1. The molecule has 0 spiro atoms. The lowest BCUT2D eigenvalue weighted by atomic mass is 10.3. The molecule has 0 saturated heterocycles. The van der Waals surface area contributed by atoms with Crippen molar-refractivity contribution in [2.24, 2.45) is 0 Å². The second-order valence-electron chi connectivity index (χ2n) is 4.94. The zero-order valence-electron chi connectivity index (χ0n) is 12.2. The Morgan fingerprint density at radius 3 is 2.86 bits per heavy atom. The van der Waals surface area contributed by atoms with Crippen LogP contribution >= 0.6 is 0 Å². The van der Waals surface area contributed by atoms with Crippen molar-refractivity contribution >= 4 is 11.5 Å². The lowest BCUT2D eigenvalue weighted by molar-refractivity contribution is 0.140. The Bertz CT molecular complexity index is 888. The molecule has 22 heavy (non-hydrogen) atoms. The number of fused-ring (bicyclic) bond motifs is 2. The highest BCUT2D eigenvalue weighted by atomic mass is 16.3. The molecule has 0 amide bonds. The summed E-state index contributed by atoms with van der Waals surface area (Å²) in [7, 11) is 0. The summed E-state index contributed by atoms with van der Waals surface area (Å²) in [5, 5.41) is 19.1. The van der Waals surface area contributed by atoms with Crippen molar-refractivity contribution in [1.29, 1.82) is 0 Å². The molecule has 0 aromatic carbocycles. The normalized spacial score (nSPS) is 15.9. The minimum atomic E-state index is -0.625. The van der Waals surface area contributed by atoms with E-state index in [-0.39, 0.29) is 5.56 Å². The van der Waals surface area contributed by atoms with Crippen LogP contribution in [0.15, 0.2) is 41.7 Å². The van der Waals surface area contributed by atoms with E-state index in [2.05, 4.69) is 20.5 Å². The van der Waals surface area contributed by atoms with Gasteiger partial charge in [-0.3, -0.25) is 9.89 Å². The van der Waals surface area contributed by atoms with E-state index in [0.717, 1.165) is 16.9 Å². The first-order valence-electron chi connectivity index (χ1n) is 6.75. The molecular weight excluding hydrogens is 284 g/mol. The van der Waals surface area contributed by atoms with Crippen LogP contribution in [0.4, 0.5) is 5.82 Å². The Labute approximate surface area is 125 Å². The average Bonchev–Trinajstić information content (AvgIpc) is 3.07. The molecule has 1 atom stereocenters. The molecule has 8 heteroatoms. The third-order valence-electron chi connectivity index (χ3n) is 3.33. The molecule has 3 N–H and O–H groups in total. The Hall–Kier alpha value is -2.87. The average molecular weight is 300 g/mol. The van der Waals surface area contributed by atoms with Gasteiger partial charge in [0.1, 0.15) is 5.82 Å². The topological polar surface area (TPSA) is 100 Å². The third kappa shape index (κ3) is 2.40. The summed E-state index contributed by atoms with van der Waals surface area (Å²) in [5.74, 6) is 0.861. The molecule has 4 rings (SSSR count). The molecule has 0 aliphatic carbocycles. The van der Waals surface area contributed by atoms with Crippen LogP contribution in [-0.2, 0) is 0 Å². The summed E-state index contributed by atoms with van der Waals surface area (Å²) in [5.41, 5.74) is 2.62. The van der Waals surface area contributed by atoms with Gasteiger partial charge in [-0.25, -0.2) is 14.2 Å². The van der Waals surface area contributed by atoms with Gasteiger partial charge in [0.2, 0.25) is 0 Å². The SMILES string of the molecule is Cc1c[nH]n2c(=O)ccnc12.Cc1cnn2c1NC=CC2O. The highest BCUT2D eigenvalue weighted by molar-refractivity contribution is 5.47. The van der Waals surface area contributed by atoms with E-state index in [1.165, 1.54) is 21.5 Å². The van der Waals surface area contributed by atoms with Gasteiger partial charge in [0.25, 0.3) is 5.56 Å². The maximum atomic E-state index is 11.1. The third-order valence-corrected chi connectivity index (χ3v) is 3.33. The first-order valence-corrected chi connectivity index (χ1v) is 6.75. The summed E-state index contributed by atoms with van der Waals surface area (Å²) >= 11 is 0. The molecule has 0 fully saturated rings. The molecular formula is C14H16N6O2. The number of hydrogen-bond acceptors (Lipinski definition) is 5. The van der Waals surface area contributed by atoms with Gasteiger partial charge in [0, 0.05) is 35.8 Å². The molecule has 3 aromatic rings. The summed E-state index contributed by atoms with van der Waals surface area (Å²) in [6.07, 6.45) is 7.72. The lowest BCUT2D eigenvalue weighted by Crippen LogP contribution is -2.14. The molecule has 8 nitrogen and oxygen atoms in total. The fraction of sp³-hybridized carbons (Fsp3) is 0.214. The Balaban J connectivity index is 0.000000131. The minimum absolute atomic E-state index is 0.0805. The lowest BCUT2D eigenvalue weighted by Gasteiger charge is -2.15. The van der Waals surface area contributed by atoms with Crippen molar-refractivity contribution in [3.8, 4) is 0 Å². The van der Waals surface area contributed by atoms with E-state index in [0.29, 0.717) is 5.65 Å². The van der Waals surface area contributed by atoms with Gasteiger partial charge >= 0.3 is 0 Å². The van der Waals surface area contributed by atoms with Gasteiger partial charge in [-0.05, 0) is 19.9 Å². The summed E-state index contributed by atoms with van der Waals surface area (Å²) in [6.45, 7) is 3.84. The van der Waals surface area contributed by atoms with Crippen LogP contribution in [-0.4, -0.2) is 29.5 Å². The smallest absolute Gasteiger partial charge is 0.272 e. The van der Waals surface area contributed by atoms with Gasteiger partial charge in [-0.15, -0.1) is 0 Å². The van der Waals surface area contributed by atoms with Crippen molar-refractivity contribution in [3.63, 3.8) is 0 Å². The Morgan fingerprint density at radius 1 is 1.32 bits per heavy atom. The highest BCUT2D eigenvalue weighted by Crippen LogP contribution is 2.21. The Morgan fingerprint density at radius 2 is 2.14 bits per heavy atom. The van der Waals surface area contributed by atoms with E-state index in [9.17, 15) is 9.90 Å². The van der Waals surface area contributed by atoms with Gasteiger partial charge in [0.15, 0.2) is 11.9 Å². The van der Waals surface area contributed by atoms with Gasteiger partial charge in [-0.2, -0.15) is 5.10 Å². The number of aromatic nitrogens is 5. The molecule has 4 heterocycles. The molecule has 1 unspecified atom stereocenters. The molecule has 0 radical (unpaired) electrons. The van der Waals surface area contributed by atoms with Gasteiger partial charge < -0.3 is 10.4 Å². The van der Waals surface area contributed by atoms with E-state index >= 15 is 0 Å².